The maximum atomic E-state index is 10.8. The molecule has 0 aromatic heterocycles. The second-order valence-corrected chi connectivity index (χ2v) is 4.90. The Labute approximate surface area is 86.3 Å². The first-order valence-electron chi connectivity index (χ1n) is 5.27. The molecule has 1 aliphatic rings. The Balaban J connectivity index is 2.54. The number of carbonyl (C=O) groups is 1. The monoisotopic (exact) mass is 196 g/mol. The molecule has 0 bridgehead atoms. The summed E-state index contributed by atoms with van der Waals surface area (Å²) in [6.07, 6.45) is 5.53. The van der Waals surface area contributed by atoms with Gasteiger partial charge in [0.1, 0.15) is 6.10 Å². The van der Waals surface area contributed by atoms with Gasteiger partial charge < -0.3 is 4.74 Å². The molecular weight excluding hydrogens is 176 g/mol. The molecule has 0 unspecified atom stereocenters. The normalized spacial score (nSPS) is 22.4. The Kier molecular flexibility index (Phi) is 3.35. The Morgan fingerprint density at radius 3 is 2.64 bits per heavy atom. The molecule has 0 aliphatic heterocycles. The van der Waals surface area contributed by atoms with E-state index >= 15 is 0 Å². The highest BCUT2D eigenvalue weighted by atomic mass is 16.5. The first-order valence-corrected chi connectivity index (χ1v) is 5.27. The van der Waals surface area contributed by atoms with Crippen molar-refractivity contribution in [2.75, 3.05) is 0 Å². The quantitative estimate of drug-likeness (QED) is 0.501. The lowest BCUT2D eigenvalue weighted by Crippen LogP contribution is -2.21. The van der Waals surface area contributed by atoms with Crippen LogP contribution in [0.1, 0.15) is 47.0 Å². The number of rotatable bonds is 2. The summed E-state index contributed by atoms with van der Waals surface area (Å²) in [6.45, 7) is 7.96. The largest absolute Gasteiger partial charge is 0.458 e. The molecule has 80 valence electrons. The fourth-order valence-electron chi connectivity index (χ4n) is 1.79. The van der Waals surface area contributed by atoms with E-state index in [1.807, 2.05) is 6.92 Å². The maximum Gasteiger partial charge on any atom is 0.303 e. The first-order chi connectivity index (χ1) is 6.41. The summed E-state index contributed by atoms with van der Waals surface area (Å²) in [6, 6.07) is 0. The molecule has 0 fully saturated rings. The van der Waals surface area contributed by atoms with Crippen molar-refractivity contribution < 1.29 is 9.53 Å². The van der Waals surface area contributed by atoms with E-state index < -0.39 is 0 Å². The molecule has 2 nitrogen and oxygen atoms in total. The molecular formula is C12H20O2. The molecule has 0 radical (unpaired) electrons. The van der Waals surface area contributed by atoms with Gasteiger partial charge in [-0.2, -0.15) is 0 Å². The van der Waals surface area contributed by atoms with Crippen molar-refractivity contribution >= 4 is 5.97 Å². The molecule has 0 aromatic rings. The highest BCUT2D eigenvalue weighted by Gasteiger charge is 2.24. The molecule has 0 heterocycles. The van der Waals surface area contributed by atoms with Gasteiger partial charge in [0.25, 0.3) is 0 Å². The second kappa shape index (κ2) is 4.16. The lowest BCUT2D eigenvalue weighted by molar-refractivity contribution is -0.144. The highest BCUT2D eigenvalue weighted by molar-refractivity contribution is 5.66. The average Bonchev–Trinajstić information content (AvgIpc) is 2.02. The SMILES string of the molecule is CC(=O)O[C@H](C)C1=CCC(C)(C)CC1. The molecule has 1 rings (SSSR count). The summed E-state index contributed by atoms with van der Waals surface area (Å²) in [5.41, 5.74) is 1.69. The van der Waals surface area contributed by atoms with E-state index in [2.05, 4.69) is 19.9 Å². The predicted molar refractivity (Wildman–Crippen MR) is 56.9 cm³/mol. The van der Waals surface area contributed by atoms with Crippen LogP contribution in [0.2, 0.25) is 0 Å². The third-order valence-corrected chi connectivity index (χ3v) is 2.87. The molecule has 0 amide bonds. The molecule has 0 spiro atoms. The number of hydrogen-bond donors (Lipinski definition) is 0. The van der Waals surface area contributed by atoms with Crippen LogP contribution in [0.5, 0.6) is 0 Å². The Morgan fingerprint density at radius 2 is 2.21 bits per heavy atom. The topological polar surface area (TPSA) is 26.3 Å². The molecule has 0 aromatic carbocycles. The number of carbonyl (C=O) groups excluding carboxylic acids is 1. The van der Waals surface area contributed by atoms with Crippen LogP contribution in [-0.2, 0) is 9.53 Å². The van der Waals surface area contributed by atoms with Gasteiger partial charge in [-0.25, -0.2) is 0 Å². The van der Waals surface area contributed by atoms with Crippen molar-refractivity contribution in [3.05, 3.63) is 11.6 Å². The Hall–Kier alpha value is -0.790. The zero-order chi connectivity index (χ0) is 10.8. The Morgan fingerprint density at radius 1 is 1.57 bits per heavy atom. The van der Waals surface area contributed by atoms with Gasteiger partial charge in [0.15, 0.2) is 0 Å². The number of allylic oxidation sites excluding steroid dienone is 1. The van der Waals surface area contributed by atoms with E-state index in [1.165, 1.54) is 18.9 Å². The third kappa shape index (κ3) is 3.17. The van der Waals surface area contributed by atoms with Gasteiger partial charge in [-0.15, -0.1) is 0 Å². The van der Waals surface area contributed by atoms with E-state index in [0.717, 1.165) is 12.8 Å². The van der Waals surface area contributed by atoms with Gasteiger partial charge in [0.05, 0.1) is 0 Å². The summed E-state index contributed by atoms with van der Waals surface area (Å²) in [5, 5.41) is 0. The molecule has 0 N–H and O–H groups in total. The summed E-state index contributed by atoms with van der Waals surface area (Å²) in [7, 11) is 0. The summed E-state index contributed by atoms with van der Waals surface area (Å²) in [5.74, 6) is -0.191. The van der Waals surface area contributed by atoms with Crippen LogP contribution < -0.4 is 0 Å². The number of hydrogen-bond acceptors (Lipinski definition) is 2. The molecule has 1 atom stereocenters. The van der Waals surface area contributed by atoms with Crippen molar-refractivity contribution in [3.63, 3.8) is 0 Å². The second-order valence-electron chi connectivity index (χ2n) is 4.90. The summed E-state index contributed by atoms with van der Waals surface area (Å²) >= 11 is 0. The highest BCUT2D eigenvalue weighted by Crippen LogP contribution is 2.35. The van der Waals surface area contributed by atoms with Crippen molar-refractivity contribution in [2.45, 2.75) is 53.1 Å². The minimum atomic E-state index is -0.191. The van der Waals surface area contributed by atoms with Gasteiger partial charge in [-0.1, -0.05) is 19.9 Å². The van der Waals surface area contributed by atoms with Gasteiger partial charge in [-0.05, 0) is 37.2 Å². The predicted octanol–water partition coefficient (Wildman–Crippen LogP) is 3.07. The molecule has 0 saturated carbocycles. The fourth-order valence-corrected chi connectivity index (χ4v) is 1.79. The number of ether oxygens (including phenoxy) is 1. The van der Waals surface area contributed by atoms with Crippen LogP contribution in [0.3, 0.4) is 0 Å². The first kappa shape index (κ1) is 11.3. The van der Waals surface area contributed by atoms with E-state index in [4.69, 9.17) is 4.74 Å². The minimum absolute atomic E-state index is 0.0383. The van der Waals surface area contributed by atoms with Gasteiger partial charge in [0, 0.05) is 6.92 Å². The molecule has 0 saturated heterocycles. The Bertz CT molecular complexity index is 251. The zero-order valence-corrected chi connectivity index (χ0v) is 9.59. The van der Waals surface area contributed by atoms with Crippen molar-refractivity contribution in [2.24, 2.45) is 5.41 Å². The molecule has 14 heavy (non-hydrogen) atoms. The van der Waals surface area contributed by atoms with E-state index in [0.29, 0.717) is 5.41 Å². The summed E-state index contributed by atoms with van der Waals surface area (Å²) < 4.78 is 5.15. The smallest absolute Gasteiger partial charge is 0.303 e. The minimum Gasteiger partial charge on any atom is -0.458 e. The lowest BCUT2D eigenvalue weighted by atomic mass is 9.77. The van der Waals surface area contributed by atoms with Gasteiger partial charge in [-0.3, -0.25) is 4.79 Å². The van der Waals surface area contributed by atoms with Crippen LogP contribution in [0, 0.1) is 5.41 Å². The maximum absolute atomic E-state index is 10.8. The summed E-state index contributed by atoms with van der Waals surface area (Å²) in [4.78, 5) is 10.8. The van der Waals surface area contributed by atoms with Crippen molar-refractivity contribution in [1.82, 2.24) is 0 Å². The van der Waals surface area contributed by atoms with Gasteiger partial charge in [0.2, 0.25) is 0 Å². The van der Waals surface area contributed by atoms with Gasteiger partial charge >= 0.3 is 5.97 Å². The van der Waals surface area contributed by atoms with Crippen LogP contribution >= 0.6 is 0 Å². The zero-order valence-electron chi connectivity index (χ0n) is 9.59. The van der Waals surface area contributed by atoms with Crippen LogP contribution in [0.15, 0.2) is 11.6 Å². The van der Waals surface area contributed by atoms with E-state index in [-0.39, 0.29) is 12.1 Å². The average molecular weight is 196 g/mol. The van der Waals surface area contributed by atoms with E-state index in [9.17, 15) is 4.79 Å². The van der Waals surface area contributed by atoms with E-state index in [1.54, 1.807) is 0 Å². The van der Waals surface area contributed by atoms with Crippen molar-refractivity contribution in [1.29, 1.82) is 0 Å². The van der Waals surface area contributed by atoms with Crippen LogP contribution in [0.25, 0.3) is 0 Å². The van der Waals surface area contributed by atoms with Crippen molar-refractivity contribution in [3.8, 4) is 0 Å². The molecule has 1 aliphatic carbocycles. The lowest BCUT2D eigenvalue weighted by Gasteiger charge is -2.30. The fraction of sp³-hybridized carbons (Fsp3) is 0.750. The third-order valence-electron chi connectivity index (χ3n) is 2.87. The van der Waals surface area contributed by atoms with Crippen LogP contribution in [-0.4, -0.2) is 12.1 Å². The standard InChI is InChI=1S/C12H20O2/c1-9(14-10(2)13)11-5-7-12(3,4)8-6-11/h5,9H,6-8H2,1-4H3/t9-/m1/s1. The molecule has 2 heteroatoms. The van der Waals surface area contributed by atoms with Crippen LogP contribution in [0.4, 0.5) is 0 Å². The number of esters is 1.